The molecular weight excluding hydrogens is 190 g/mol. The van der Waals surface area contributed by atoms with Crippen molar-refractivity contribution >= 4 is 5.97 Å². The molecule has 0 radical (unpaired) electrons. The van der Waals surface area contributed by atoms with Crippen LogP contribution in [0.4, 0.5) is 0 Å². The van der Waals surface area contributed by atoms with Gasteiger partial charge in [0, 0.05) is 5.57 Å². The van der Waals surface area contributed by atoms with Crippen molar-refractivity contribution in [2.75, 3.05) is 20.1 Å². The predicted octanol–water partition coefficient (Wildman–Crippen LogP) is 2.53. The number of unbranched alkanes of at least 4 members (excludes halogenated alkanes) is 3. The second-order valence-electron chi connectivity index (χ2n) is 3.94. The third kappa shape index (κ3) is 8.18. The van der Waals surface area contributed by atoms with Crippen LogP contribution in [0.3, 0.4) is 0 Å². The van der Waals surface area contributed by atoms with E-state index in [0.717, 1.165) is 25.9 Å². The lowest BCUT2D eigenvalue weighted by atomic mass is 10.1. The SMILES string of the molecule is CCN(C)CCCCCC=C(C)C(=O)O. The first-order valence-electron chi connectivity index (χ1n) is 5.66. The minimum Gasteiger partial charge on any atom is -0.478 e. The van der Waals surface area contributed by atoms with Gasteiger partial charge in [0.15, 0.2) is 0 Å². The summed E-state index contributed by atoms with van der Waals surface area (Å²) in [5.74, 6) is -0.805. The van der Waals surface area contributed by atoms with Gasteiger partial charge in [-0.3, -0.25) is 0 Å². The van der Waals surface area contributed by atoms with Crippen LogP contribution in [0.2, 0.25) is 0 Å². The zero-order valence-electron chi connectivity index (χ0n) is 10.1. The molecule has 0 atom stereocenters. The molecule has 0 heterocycles. The van der Waals surface area contributed by atoms with E-state index >= 15 is 0 Å². The minimum absolute atomic E-state index is 0.459. The molecule has 0 unspecified atom stereocenters. The molecule has 0 aliphatic carbocycles. The molecule has 0 aromatic rings. The second-order valence-corrected chi connectivity index (χ2v) is 3.94. The molecule has 1 N–H and O–H groups in total. The molecule has 0 aromatic heterocycles. The molecule has 0 aromatic carbocycles. The van der Waals surface area contributed by atoms with Gasteiger partial charge in [-0.15, -0.1) is 0 Å². The highest BCUT2D eigenvalue weighted by Crippen LogP contribution is 2.04. The molecule has 0 rings (SSSR count). The van der Waals surface area contributed by atoms with E-state index < -0.39 is 5.97 Å². The number of carbonyl (C=O) groups is 1. The normalized spacial score (nSPS) is 12.1. The zero-order valence-corrected chi connectivity index (χ0v) is 10.1. The van der Waals surface area contributed by atoms with Crippen LogP contribution in [0.15, 0.2) is 11.6 Å². The van der Waals surface area contributed by atoms with Gasteiger partial charge in [-0.2, -0.15) is 0 Å². The van der Waals surface area contributed by atoms with Crippen molar-refractivity contribution in [3.05, 3.63) is 11.6 Å². The number of allylic oxidation sites excluding steroid dienone is 1. The Hall–Kier alpha value is -0.830. The molecule has 0 fully saturated rings. The van der Waals surface area contributed by atoms with Crippen molar-refractivity contribution in [3.63, 3.8) is 0 Å². The Morgan fingerprint density at radius 3 is 2.53 bits per heavy atom. The number of carboxylic acids is 1. The molecule has 15 heavy (non-hydrogen) atoms. The molecule has 0 amide bonds. The third-order valence-corrected chi connectivity index (χ3v) is 2.57. The van der Waals surface area contributed by atoms with E-state index in [9.17, 15) is 4.79 Å². The van der Waals surface area contributed by atoms with Gasteiger partial charge >= 0.3 is 5.97 Å². The molecule has 0 spiro atoms. The highest BCUT2D eigenvalue weighted by Gasteiger charge is 1.98. The van der Waals surface area contributed by atoms with Crippen molar-refractivity contribution in [1.29, 1.82) is 0 Å². The van der Waals surface area contributed by atoms with Crippen molar-refractivity contribution in [1.82, 2.24) is 4.90 Å². The molecule has 3 heteroatoms. The monoisotopic (exact) mass is 213 g/mol. The van der Waals surface area contributed by atoms with Crippen LogP contribution >= 0.6 is 0 Å². The number of hydrogen-bond donors (Lipinski definition) is 1. The van der Waals surface area contributed by atoms with Crippen molar-refractivity contribution in [2.24, 2.45) is 0 Å². The van der Waals surface area contributed by atoms with E-state index in [2.05, 4.69) is 18.9 Å². The van der Waals surface area contributed by atoms with Gasteiger partial charge in [-0.1, -0.05) is 19.4 Å². The van der Waals surface area contributed by atoms with Gasteiger partial charge in [-0.05, 0) is 46.3 Å². The highest BCUT2D eigenvalue weighted by molar-refractivity contribution is 5.85. The standard InChI is InChI=1S/C12H23NO2/c1-4-13(3)10-8-6-5-7-9-11(2)12(14)15/h9H,4-8,10H2,1-3H3,(H,14,15). The third-order valence-electron chi connectivity index (χ3n) is 2.57. The Kier molecular flexibility index (Phi) is 8.01. The van der Waals surface area contributed by atoms with Crippen LogP contribution in [0.5, 0.6) is 0 Å². The van der Waals surface area contributed by atoms with Gasteiger partial charge in [-0.25, -0.2) is 4.79 Å². The summed E-state index contributed by atoms with van der Waals surface area (Å²) in [6.45, 7) is 6.03. The van der Waals surface area contributed by atoms with Crippen LogP contribution in [0.1, 0.15) is 39.5 Å². The fraction of sp³-hybridized carbons (Fsp3) is 0.750. The first-order chi connectivity index (χ1) is 7.07. The topological polar surface area (TPSA) is 40.5 Å². The Labute approximate surface area is 92.8 Å². The molecular formula is C12H23NO2. The lowest BCUT2D eigenvalue weighted by molar-refractivity contribution is -0.132. The summed E-state index contributed by atoms with van der Waals surface area (Å²) in [5.41, 5.74) is 0.459. The van der Waals surface area contributed by atoms with Crippen LogP contribution < -0.4 is 0 Å². The average Bonchev–Trinajstić information content (AvgIpc) is 2.22. The zero-order chi connectivity index (χ0) is 11.7. The number of nitrogens with zero attached hydrogens (tertiary/aromatic N) is 1. The molecule has 0 aliphatic heterocycles. The van der Waals surface area contributed by atoms with Gasteiger partial charge in [0.05, 0.1) is 0 Å². The smallest absolute Gasteiger partial charge is 0.330 e. The van der Waals surface area contributed by atoms with Crippen LogP contribution in [0.25, 0.3) is 0 Å². The van der Waals surface area contributed by atoms with Gasteiger partial charge < -0.3 is 10.0 Å². The summed E-state index contributed by atoms with van der Waals surface area (Å²) >= 11 is 0. The average molecular weight is 213 g/mol. The first kappa shape index (κ1) is 14.2. The fourth-order valence-electron chi connectivity index (χ4n) is 1.27. The second kappa shape index (κ2) is 8.48. The Morgan fingerprint density at radius 2 is 2.00 bits per heavy atom. The summed E-state index contributed by atoms with van der Waals surface area (Å²) in [5, 5.41) is 8.61. The first-order valence-corrected chi connectivity index (χ1v) is 5.66. The lowest BCUT2D eigenvalue weighted by Gasteiger charge is -2.12. The largest absolute Gasteiger partial charge is 0.478 e. The lowest BCUT2D eigenvalue weighted by Crippen LogP contribution is -2.18. The van der Waals surface area contributed by atoms with Gasteiger partial charge in [0.25, 0.3) is 0 Å². The van der Waals surface area contributed by atoms with E-state index in [0.29, 0.717) is 5.57 Å². The molecule has 0 saturated carbocycles. The van der Waals surface area contributed by atoms with E-state index in [-0.39, 0.29) is 0 Å². The van der Waals surface area contributed by atoms with Gasteiger partial charge in [0.1, 0.15) is 0 Å². The van der Waals surface area contributed by atoms with Crippen molar-refractivity contribution in [2.45, 2.75) is 39.5 Å². The summed E-state index contributed by atoms with van der Waals surface area (Å²) in [4.78, 5) is 12.8. The number of rotatable bonds is 8. The molecule has 0 saturated heterocycles. The van der Waals surface area contributed by atoms with Crippen LogP contribution in [-0.4, -0.2) is 36.1 Å². The predicted molar refractivity (Wildman–Crippen MR) is 63.0 cm³/mol. The van der Waals surface area contributed by atoms with E-state index in [4.69, 9.17) is 5.11 Å². The van der Waals surface area contributed by atoms with Crippen LogP contribution in [0, 0.1) is 0 Å². The Balaban J connectivity index is 3.40. The number of aliphatic carboxylic acids is 1. The summed E-state index contributed by atoms with van der Waals surface area (Å²) < 4.78 is 0. The van der Waals surface area contributed by atoms with E-state index in [1.807, 2.05) is 6.08 Å². The molecule has 0 bridgehead atoms. The Bertz CT molecular complexity index is 212. The van der Waals surface area contributed by atoms with Gasteiger partial charge in [0.2, 0.25) is 0 Å². The number of carboxylic acid groups (broad SMARTS) is 1. The quantitative estimate of drug-likeness (QED) is 0.497. The van der Waals surface area contributed by atoms with E-state index in [1.54, 1.807) is 6.92 Å². The summed E-state index contributed by atoms with van der Waals surface area (Å²) in [6.07, 6.45) is 6.15. The van der Waals surface area contributed by atoms with Crippen molar-refractivity contribution in [3.8, 4) is 0 Å². The maximum Gasteiger partial charge on any atom is 0.330 e. The minimum atomic E-state index is -0.805. The van der Waals surface area contributed by atoms with Crippen molar-refractivity contribution < 1.29 is 9.90 Å². The fourth-order valence-corrected chi connectivity index (χ4v) is 1.27. The summed E-state index contributed by atoms with van der Waals surface area (Å²) in [7, 11) is 2.12. The highest BCUT2D eigenvalue weighted by atomic mass is 16.4. The molecule has 88 valence electrons. The molecule has 0 aliphatic rings. The van der Waals surface area contributed by atoms with E-state index in [1.165, 1.54) is 12.8 Å². The summed E-state index contributed by atoms with van der Waals surface area (Å²) in [6, 6.07) is 0. The van der Waals surface area contributed by atoms with Crippen LogP contribution in [-0.2, 0) is 4.79 Å². The number of hydrogen-bond acceptors (Lipinski definition) is 2. The molecule has 3 nitrogen and oxygen atoms in total. The maximum absolute atomic E-state index is 10.5. The maximum atomic E-state index is 10.5. The Morgan fingerprint density at radius 1 is 1.33 bits per heavy atom.